The Hall–Kier alpha value is -2.41. The molecule has 0 unspecified atom stereocenters. The molecule has 0 radical (unpaired) electrons. The first-order valence-corrected chi connectivity index (χ1v) is 8.26. The largest absolute Gasteiger partial charge is 0.396 e. The van der Waals surface area contributed by atoms with Crippen molar-refractivity contribution < 1.29 is 9.90 Å². The van der Waals surface area contributed by atoms with Crippen molar-refractivity contribution in [3.63, 3.8) is 0 Å². The first kappa shape index (κ1) is 16.4. The molecule has 1 aromatic heterocycles. The van der Waals surface area contributed by atoms with E-state index in [-0.39, 0.29) is 18.7 Å². The van der Waals surface area contributed by atoms with E-state index in [0.717, 1.165) is 12.8 Å². The zero-order valence-corrected chi connectivity index (χ0v) is 13.9. The molecular formula is C17H23N5O2. The van der Waals surface area contributed by atoms with E-state index in [4.69, 9.17) is 0 Å². The summed E-state index contributed by atoms with van der Waals surface area (Å²) in [5.74, 6) is 0.706. The van der Waals surface area contributed by atoms with Crippen molar-refractivity contribution in [3.8, 4) is 0 Å². The van der Waals surface area contributed by atoms with Gasteiger partial charge in [-0.2, -0.15) is 5.10 Å². The van der Waals surface area contributed by atoms with Gasteiger partial charge < -0.3 is 15.3 Å². The molecule has 24 heavy (non-hydrogen) atoms. The third kappa shape index (κ3) is 3.41. The Balaban J connectivity index is 1.72. The average Bonchev–Trinajstić information content (AvgIpc) is 3.20. The maximum absolute atomic E-state index is 12.7. The van der Waals surface area contributed by atoms with Gasteiger partial charge in [-0.3, -0.25) is 4.68 Å². The normalized spacial score (nSPS) is 16.0. The number of benzene rings is 1. The molecule has 0 saturated heterocycles. The van der Waals surface area contributed by atoms with Crippen molar-refractivity contribution >= 4 is 6.03 Å². The number of fused-ring (bicyclic) bond motifs is 1. The van der Waals surface area contributed by atoms with E-state index >= 15 is 0 Å². The van der Waals surface area contributed by atoms with E-state index in [1.54, 1.807) is 11.7 Å². The number of hydrogen-bond acceptors (Lipinski definition) is 4. The smallest absolute Gasteiger partial charge is 0.318 e. The van der Waals surface area contributed by atoms with Gasteiger partial charge in [0.2, 0.25) is 0 Å². The molecule has 2 amide bonds. The summed E-state index contributed by atoms with van der Waals surface area (Å²) in [7, 11) is 1.80. The average molecular weight is 329 g/mol. The standard InChI is InChI=1S/C17H23N5O2/c1-21-16(19-12-20-21)11-18-17(24)22(9-4-10-23)15-8-7-13-5-2-3-6-14(13)15/h2-3,5-6,12,15,23H,4,7-11H2,1H3,(H,18,24)/t15-/m1/s1. The summed E-state index contributed by atoms with van der Waals surface area (Å²) in [5.41, 5.74) is 2.52. The number of urea groups is 1. The second-order valence-corrected chi connectivity index (χ2v) is 5.98. The molecule has 7 heteroatoms. The molecule has 3 rings (SSSR count). The molecule has 1 aliphatic carbocycles. The van der Waals surface area contributed by atoms with Crippen LogP contribution in [0.25, 0.3) is 0 Å². The van der Waals surface area contributed by atoms with E-state index in [1.807, 2.05) is 17.0 Å². The summed E-state index contributed by atoms with van der Waals surface area (Å²) < 4.78 is 1.64. The molecule has 1 aliphatic rings. The van der Waals surface area contributed by atoms with Crippen molar-refractivity contribution in [2.24, 2.45) is 7.05 Å². The Morgan fingerprint density at radius 1 is 1.46 bits per heavy atom. The van der Waals surface area contributed by atoms with Gasteiger partial charge in [0.15, 0.2) is 0 Å². The number of amides is 2. The molecule has 2 aromatic rings. The third-order valence-electron chi connectivity index (χ3n) is 4.50. The van der Waals surface area contributed by atoms with Crippen LogP contribution in [-0.4, -0.2) is 44.0 Å². The highest BCUT2D eigenvalue weighted by Crippen LogP contribution is 2.35. The molecule has 0 saturated carbocycles. The molecule has 0 fully saturated rings. The number of carbonyl (C=O) groups is 1. The Kier molecular flexibility index (Phi) is 5.10. The predicted molar refractivity (Wildman–Crippen MR) is 89.2 cm³/mol. The summed E-state index contributed by atoms with van der Waals surface area (Å²) in [4.78, 5) is 18.7. The van der Waals surface area contributed by atoms with Crippen LogP contribution in [-0.2, 0) is 20.0 Å². The lowest BCUT2D eigenvalue weighted by molar-refractivity contribution is 0.164. The van der Waals surface area contributed by atoms with Crippen LogP contribution < -0.4 is 5.32 Å². The molecular weight excluding hydrogens is 306 g/mol. The number of hydrogen-bond donors (Lipinski definition) is 2. The fraction of sp³-hybridized carbons (Fsp3) is 0.471. The van der Waals surface area contributed by atoms with Crippen LogP contribution in [0.3, 0.4) is 0 Å². The lowest BCUT2D eigenvalue weighted by atomic mass is 10.1. The lowest BCUT2D eigenvalue weighted by Crippen LogP contribution is -2.42. The van der Waals surface area contributed by atoms with E-state index in [9.17, 15) is 9.90 Å². The van der Waals surface area contributed by atoms with Gasteiger partial charge in [0, 0.05) is 20.2 Å². The van der Waals surface area contributed by atoms with Gasteiger partial charge in [0.25, 0.3) is 0 Å². The summed E-state index contributed by atoms with van der Waals surface area (Å²) in [5, 5.41) is 16.1. The van der Waals surface area contributed by atoms with Gasteiger partial charge in [-0.25, -0.2) is 9.78 Å². The summed E-state index contributed by atoms with van der Waals surface area (Å²) >= 11 is 0. The third-order valence-corrected chi connectivity index (χ3v) is 4.50. The van der Waals surface area contributed by atoms with Gasteiger partial charge in [-0.15, -0.1) is 0 Å². The van der Waals surface area contributed by atoms with E-state index in [0.29, 0.717) is 25.3 Å². The Morgan fingerprint density at radius 2 is 2.29 bits per heavy atom. The predicted octanol–water partition coefficient (Wildman–Crippen LogP) is 1.40. The zero-order valence-electron chi connectivity index (χ0n) is 13.9. The maximum atomic E-state index is 12.7. The monoisotopic (exact) mass is 329 g/mol. The van der Waals surface area contributed by atoms with Gasteiger partial charge in [-0.05, 0) is 30.4 Å². The van der Waals surface area contributed by atoms with Crippen molar-refractivity contribution in [1.82, 2.24) is 25.0 Å². The van der Waals surface area contributed by atoms with Crippen molar-refractivity contribution in [2.45, 2.75) is 31.8 Å². The minimum atomic E-state index is -0.131. The quantitative estimate of drug-likeness (QED) is 0.839. The molecule has 0 spiro atoms. The molecule has 2 N–H and O–H groups in total. The zero-order chi connectivity index (χ0) is 16.9. The summed E-state index contributed by atoms with van der Waals surface area (Å²) in [6.45, 7) is 0.931. The number of aryl methyl sites for hydroxylation is 2. The van der Waals surface area contributed by atoms with Crippen LogP contribution in [0.1, 0.15) is 35.8 Å². The topological polar surface area (TPSA) is 83.3 Å². The first-order valence-electron chi connectivity index (χ1n) is 8.26. The van der Waals surface area contributed by atoms with Crippen molar-refractivity contribution in [2.75, 3.05) is 13.2 Å². The van der Waals surface area contributed by atoms with E-state index < -0.39 is 0 Å². The highest BCUT2D eigenvalue weighted by molar-refractivity contribution is 5.75. The van der Waals surface area contributed by atoms with Crippen molar-refractivity contribution in [3.05, 3.63) is 47.5 Å². The van der Waals surface area contributed by atoms with Crippen LogP contribution in [0, 0.1) is 0 Å². The minimum Gasteiger partial charge on any atom is -0.396 e. The Bertz CT molecular complexity index is 700. The highest BCUT2D eigenvalue weighted by Gasteiger charge is 2.30. The van der Waals surface area contributed by atoms with Crippen LogP contribution in [0.15, 0.2) is 30.6 Å². The number of carbonyl (C=O) groups excluding carboxylic acids is 1. The molecule has 1 heterocycles. The lowest BCUT2D eigenvalue weighted by Gasteiger charge is -2.29. The number of rotatable bonds is 6. The van der Waals surface area contributed by atoms with Crippen LogP contribution in [0.2, 0.25) is 0 Å². The van der Waals surface area contributed by atoms with E-state index in [2.05, 4.69) is 27.5 Å². The Labute approximate surface area is 141 Å². The fourth-order valence-corrected chi connectivity index (χ4v) is 3.23. The first-order chi connectivity index (χ1) is 11.7. The van der Waals surface area contributed by atoms with E-state index in [1.165, 1.54) is 17.5 Å². The van der Waals surface area contributed by atoms with Gasteiger partial charge >= 0.3 is 6.03 Å². The van der Waals surface area contributed by atoms with Crippen LogP contribution in [0.4, 0.5) is 4.79 Å². The SMILES string of the molecule is Cn1ncnc1CNC(=O)N(CCCO)[C@@H]1CCc2ccccc21. The van der Waals surface area contributed by atoms with Gasteiger partial charge in [0.05, 0.1) is 12.6 Å². The summed E-state index contributed by atoms with van der Waals surface area (Å²) in [6, 6.07) is 8.19. The number of nitrogens with zero attached hydrogens (tertiary/aromatic N) is 4. The number of nitrogens with one attached hydrogen (secondary N) is 1. The van der Waals surface area contributed by atoms with Gasteiger partial charge in [-0.1, -0.05) is 24.3 Å². The number of aliphatic hydroxyl groups is 1. The second-order valence-electron chi connectivity index (χ2n) is 5.98. The Morgan fingerprint density at radius 3 is 3.04 bits per heavy atom. The molecule has 7 nitrogen and oxygen atoms in total. The molecule has 1 aromatic carbocycles. The summed E-state index contributed by atoms with van der Waals surface area (Å²) in [6.07, 6.45) is 3.93. The highest BCUT2D eigenvalue weighted by atomic mass is 16.3. The van der Waals surface area contributed by atoms with Crippen LogP contribution in [0.5, 0.6) is 0 Å². The van der Waals surface area contributed by atoms with Crippen molar-refractivity contribution in [1.29, 1.82) is 0 Å². The second kappa shape index (κ2) is 7.44. The number of aliphatic hydroxyl groups excluding tert-OH is 1. The molecule has 1 atom stereocenters. The number of aromatic nitrogens is 3. The molecule has 0 aliphatic heterocycles. The maximum Gasteiger partial charge on any atom is 0.318 e. The molecule has 128 valence electrons. The minimum absolute atomic E-state index is 0.0623. The van der Waals surface area contributed by atoms with Gasteiger partial charge in [0.1, 0.15) is 12.2 Å². The molecule has 0 bridgehead atoms. The fourth-order valence-electron chi connectivity index (χ4n) is 3.23. The van der Waals surface area contributed by atoms with Crippen LogP contribution >= 0.6 is 0 Å².